The van der Waals surface area contributed by atoms with E-state index in [4.69, 9.17) is 12.2 Å². The molecule has 2 bridgehead atoms. The van der Waals surface area contributed by atoms with Crippen LogP contribution in [0.15, 0.2) is 30.3 Å². The van der Waals surface area contributed by atoms with Crippen molar-refractivity contribution in [2.45, 2.75) is 58.2 Å². The molecule has 1 aromatic rings. The molecule has 21 heavy (non-hydrogen) atoms. The van der Waals surface area contributed by atoms with Crippen LogP contribution in [0, 0.1) is 11.8 Å². The molecule has 0 aromatic heterocycles. The Kier molecular flexibility index (Phi) is 4.48. The fourth-order valence-electron chi connectivity index (χ4n) is 3.93. The monoisotopic (exact) mass is 302 g/mol. The Hall–Kier alpha value is -1.09. The van der Waals surface area contributed by atoms with Gasteiger partial charge >= 0.3 is 0 Å². The Labute approximate surface area is 133 Å². The van der Waals surface area contributed by atoms with Gasteiger partial charge in [0.1, 0.15) is 0 Å². The molecule has 0 unspecified atom stereocenters. The van der Waals surface area contributed by atoms with E-state index < -0.39 is 0 Å². The van der Waals surface area contributed by atoms with E-state index >= 15 is 0 Å². The lowest BCUT2D eigenvalue weighted by Gasteiger charge is -2.33. The topological polar surface area (TPSA) is 15.3 Å². The van der Waals surface area contributed by atoms with E-state index in [2.05, 4.69) is 54.4 Å². The Morgan fingerprint density at radius 3 is 2.57 bits per heavy atom. The van der Waals surface area contributed by atoms with Gasteiger partial charge in [-0.2, -0.15) is 0 Å². The Morgan fingerprint density at radius 2 is 2.00 bits per heavy atom. The average Bonchev–Trinajstić information content (AvgIpc) is 3.08. The highest BCUT2D eigenvalue weighted by Gasteiger charge is 2.40. The van der Waals surface area contributed by atoms with Crippen LogP contribution in [0.25, 0.3) is 0 Å². The molecule has 2 aliphatic rings. The third-order valence-corrected chi connectivity index (χ3v) is 5.48. The smallest absolute Gasteiger partial charge is 0.169 e. The fraction of sp³-hybridized carbons (Fsp3) is 0.611. The summed E-state index contributed by atoms with van der Waals surface area (Å²) in [6, 6.07) is 11.7. The number of fused-ring (bicyclic) bond motifs is 2. The first kappa shape index (κ1) is 14.8. The first-order valence-corrected chi connectivity index (χ1v) is 8.65. The van der Waals surface area contributed by atoms with E-state index in [0.717, 1.165) is 23.5 Å². The lowest BCUT2D eigenvalue weighted by molar-refractivity contribution is 0.316. The summed E-state index contributed by atoms with van der Waals surface area (Å²) in [5.74, 6) is 1.82. The van der Waals surface area contributed by atoms with Crippen molar-refractivity contribution in [2.75, 3.05) is 0 Å². The van der Waals surface area contributed by atoms with Crippen molar-refractivity contribution in [3.05, 3.63) is 35.9 Å². The zero-order chi connectivity index (χ0) is 14.8. The van der Waals surface area contributed by atoms with Crippen LogP contribution in [0.2, 0.25) is 0 Å². The second-order valence-corrected chi connectivity index (χ2v) is 7.32. The van der Waals surface area contributed by atoms with Gasteiger partial charge in [-0.05, 0) is 62.7 Å². The molecular formula is C18H26N2S. The van der Waals surface area contributed by atoms with E-state index in [1.54, 1.807) is 0 Å². The minimum Gasteiger partial charge on any atom is -0.360 e. The molecule has 3 rings (SSSR count). The molecule has 2 aliphatic carbocycles. The number of thiocarbonyl (C=S) groups is 1. The SMILES string of the molecule is CC(C)N(Cc1ccccc1)C(=S)N[C@H]1C[C@H]2CC[C@@H]1C2. The van der Waals surface area contributed by atoms with Gasteiger partial charge in [0.2, 0.25) is 0 Å². The quantitative estimate of drug-likeness (QED) is 0.848. The van der Waals surface area contributed by atoms with E-state index in [9.17, 15) is 0 Å². The molecule has 2 fully saturated rings. The van der Waals surface area contributed by atoms with Gasteiger partial charge in [0.15, 0.2) is 5.11 Å². The molecule has 3 heteroatoms. The Bertz CT molecular complexity index is 485. The van der Waals surface area contributed by atoms with Gasteiger partial charge in [0, 0.05) is 18.6 Å². The van der Waals surface area contributed by atoms with Crippen LogP contribution < -0.4 is 5.32 Å². The van der Waals surface area contributed by atoms with Gasteiger partial charge in [-0.25, -0.2) is 0 Å². The molecule has 0 aliphatic heterocycles. The third-order valence-electron chi connectivity index (χ3n) is 5.13. The highest BCUT2D eigenvalue weighted by molar-refractivity contribution is 7.80. The van der Waals surface area contributed by atoms with Crippen LogP contribution in [0.1, 0.15) is 45.1 Å². The number of rotatable bonds is 4. The van der Waals surface area contributed by atoms with Gasteiger partial charge < -0.3 is 10.2 Å². The molecule has 2 nitrogen and oxygen atoms in total. The minimum atomic E-state index is 0.420. The summed E-state index contributed by atoms with van der Waals surface area (Å²) in [6.45, 7) is 5.33. The zero-order valence-corrected chi connectivity index (χ0v) is 13.9. The van der Waals surface area contributed by atoms with Crippen molar-refractivity contribution in [1.82, 2.24) is 10.2 Å². The van der Waals surface area contributed by atoms with Crippen molar-refractivity contribution >= 4 is 17.3 Å². The van der Waals surface area contributed by atoms with Crippen LogP contribution in [-0.4, -0.2) is 22.1 Å². The van der Waals surface area contributed by atoms with Crippen LogP contribution in [0.4, 0.5) is 0 Å². The van der Waals surface area contributed by atoms with Crippen molar-refractivity contribution < 1.29 is 0 Å². The molecule has 2 saturated carbocycles. The average molecular weight is 302 g/mol. The van der Waals surface area contributed by atoms with E-state index in [-0.39, 0.29) is 0 Å². The summed E-state index contributed by atoms with van der Waals surface area (Å²) in [5.41, 5.74) is 1.32. The van der Waals surface area contributed by atoms with E-state index in [1.807, 2.05) is 0 Å². The molecule has 1 aromatic carbocycles. The van der Waals surface area contributed by atoms with Gasteiger partial charge in [0.05, 0.1) is 0 Å². The van der Waals surface area contributed by atoms with Crippen LogP contribution >= 0.6 is 12.2 Å². The maximum atomic E-state index is 5.72. The maximum Gasteiger partial charge on any atom is 0.169 e. The van der Waals surface area contributed by atoms with Crippen molar-refractivity contribution in [3.8, 4) is 0 Å². The van der Waals surface area contributed by atoms with Gasteiger partial charge in [0.25, 0.3) is 0 Å². The summed E-state index contributed by atoms with van der Waals surface area (Å²) < 4.78 is 0. The predicted molar refractivity (Wildman–Crippen MR) is 92.1 cm³/mol. The van der Waals surface area contributed by atoms with Crippen LogP contribution in [0.3, 0.4) is 0 Å². The minimum absolute atomic E-state index is 0.420. The molecule has 1 N–H and O–H groups in total. The second kappa shape index (κ2) is 6.35. The molecule has 0 radical (unpaired) electrons. The van der Waals surface area contributed by atoms with Crippen LogP contribution in [0.5, 0.6) is 0 Å². The number of nitrogens with one attached hydrogen (secondary N) is 1. The molecule has 3 atom stereocenters. The molecule has 0 spiro atoms. The second-order valence-electron chi connectivity index (χ2n) is 6.94. The Balaban J connectivity index is 1.62. The first-order valence-electron chi connectivity index (χ1n) is 8.24. The molecular weight excluding hydrogens is 276 g/mol. The van der Waals surface area contributed by atoms with Gasteiger partial charge in [-0.1, -0.05) is 36.8 Å². The lowest BCUT2D eigenvalue weighted by Crippen LogP contribution is -2.48. The van der Waals surface area contributed by atoms with E-state index in [1.165, 1.54) is 31.2 Å². The zero-order valence-electron chi connectivity index (χ0n) is 13.1. The molecule has 114 valence electrons. The standard InChI is InChI=1S/C18H26N2S/c1-13(2)20(12-14-6-4-3-5-7-14)18(21)19-17-11-15-8-9-16(17)10-15/h3-7,13,15-17H,8-12H2,1-2H3,(H,19,21)/t15-,16+,17-/m0/s1. The van der Waals surface area contributed by atoms with Gasteiger partial charge in [-0.15, -0.1) is 0 Å². The third kappa shape index (κ3) is 3.39. The summed E-state index contributed by atoms with van der Waals surface area (Å²) in [6.07, 6.45) is 5.57. The molecule has 0 heterocycles. The largest absolute Gasteiger partial charge is 0.360 e. The molecule has 0 saturated heterocycles. The summed E-state index contributed by atoms with van der Waals surface area (Å²) in [4.78, 5) is 2.32. The van der Waals surface area contributed by atoms with Gasteiger partial charge in [-0.3, -0.25) is 0 Å². The molecule has 0 amide bonds. The highest BCUT2D eigenvalue weighted by atomic mass is 32.1. The summed E-state index contributed by atoms with van der Waals surface area (Å²) in [5, 5.41) is 4.61. The van der Waals surface area contributed by atoms with Crippen molar-refractivity contribution in [2.24, 2.45) is 11.8 Å². The number of hydrogen-bond acceptors (Lipinski definition) is 1. The lowest BCUT2D eigenvalue weighted by atomic mass is 9.95. The Morgan fingerprint density at radius 1 is 1.24 bits per heavy atom. The fourth-order valence-corrected chi connectivity index (χ4v) is 4.36. The number of hydrogen-bond donors (Lipinski definition) is 1. The highest BCUT2D eigenvalue weighted by Crippen LogP contribution is 2.44. The van der Waals surface area contributed by atoms with Crippen molar-refractivity contribution in [3.63, 3.8) is 0 Å². The first-order chi connectivity index (χ1) is 10.1. The normalized spacial score (nSPS) is 27.1. The predicted octanol–water partition coefficient (Wildman–Crippen LogP) is 3.96. The van der Waals surface area contributed by atoms with Crippen molar-refractivity contribution in [1.29, 1.82) is 0 Å². The van der Waals surface area contributed by atoms with E-state index in [0.29, 0.717) is 12.1 Å². The summed E-state index contributed by atoms with van der Waals surface area (Å²) >= 11 is 5.72. The number of benzene rings is 1. The number of nitrogens with zero attached hydrogens (tertiary/aromatic N) is 1. The maximum absolute atomic E-state index is 5.72. The summed E-state index contributed by atoms with van der Waals surface area (Å²) in [7, 11) is 0. The van der Waals surface area contributed by atoms with Crippen LogP contribution in [-0.2, 0) is 6.54 Å².